The molecule has 0 radical (unpaired) electrons. The van der Waals surface area contributed by atoms with Crippen molar-refractivity contribution in [2.75, 3.05) is 0 Å². The fourth-order valence-corrected chi connectivity index (χ4v) is 1.45. The second-order valence-electron chi connectivity index (χ2n) is 3.61. The fraction of sp³-hybridized carbons (Fsp3) is 0.167. The van der Waals surface area contributed by atoms with Gasteiger partial charge < -0.3 is 9.67 Å². The number of rotatable bonds is 3. The van der Waals surface area contributed by atoms with Crippen LogP contribution in [0.15, 0.2) is 41.5 Å². The summed E-state index contributed by atoms with van der Waals surface area (Å²) >= 11 is 0. The molecule has 0 amide bonds. The predicted molar refractivity (Wildman–Crippen MR) is 59.9 cm³/mol. The third-order valence-corrected chi connectivity index (χ3v) is 2.37. The van der Waals surface area contributed by atoms with Crippen molar-refractivity contribution in [3.63, 3.8) is 0 Å². The molecule has 0 aliphatic rings. The number of halogens is 1. The van der Waals surface area contributed by atoms with E-state index in [9.17, 15) is 9.18 Å². The molecule has 0 aromatic carbocycles. The molecule has 0 atom stereocenters. The molecule has 88 valence electrons. The smallest absolute Gasteiger partial charge is 0.286 e. The maximum Gasteiger partial charge on any atom is 0.286 e. The number of hydrogen-bond acceptors (Lipinski definition) is 3. The molecule has 1 N–H and O–H groups in total. The minimum absolute atomic E-state index is 0.0762. The minimum Gasteiger partial charge on any atom is -0.392 e. The Hall–Kier alpha value is -2.01. The molecule has 0 fully saturated rings. The molecule has 2 rings (SSSR count). The maximum absolute atomic E-state index is 13.0. The Labute approximate surface area is 97.0 Å². The van der Waals surface area contributed by atoms with Crippen molar-refractivity contribution in [2.24, 2.45) is 0 Å². The largest absolute Gasteiger partial charge is 0.392 e. The highest BCUT2D eigenvalue weighted by molar-refractivity contribution is 5.13. The molecule has 5 heteroatoms. The average molecular weight is 234 g/mol. The molecular formula is C12H11FN2O2. The summed E-state index contributed by atoms with van der Waals surface area (Å²) in [5.74, 6) is -0.778. The van der Waals surface area contributed by atoms with Crippen LogP contribution < -0.4 is 5.56 Å². The van der Waals surface area contributed by atoms with Gasteiger partial charge in [0.25, 0.3) is 5.56 Å². The van der Waals surface area contributed by atoms with Gasteiger partial charge in [-0.15, -0.1) is 0 Å². The van der Waals surface area contributed by atoms with Crippen LogP contribution in [0.25, 0.3) is 0 Å². The molecule has 0 aliphatic carbocycles. The Kier molecular flexibility index (Phi) is 3.30. The van der Waals surface area contributed by atoms with E-state index in [1.807, 2.05) is 0 Å². The lowest BCUT2D eigenvalue weighted by atomic mass is 10.2. The lowest BCUT2D eigenvalue weighted by Crippen LogP contribution is -2.22. The van der Waals surface area contributed by atoms with E-state index in [4.69, 9.17) is 5.11 Å². The zero-order valence-electron chi connectivity index (χ0n) is 9.01. The summed E-state index contributed by atoms with van der Waals surface area (Å²) in [4.78, 5) is 15.5. The van der Waals surface area contributed by atoms with E-state index in [1.165, 1.54) is 23.0 Å². The number of aromatic nitrogens is 2. The van der Waals surface area contributed by atoms with Crippen molar-refractivity contribution >= 4 is 0 Å². The van der Waals surface area contributed by atoms with Crippen LogP contribution in [0.2, 0.25) is 0 Å². The van der Waals surface area contributed by atoms with Crippen molar-refractivity contribution in [2.45, 2.75) is 13.2 Å². The second-order valence-corrected chi connectivity index (χ2v) is 3.61. The number of hydrogen-bond donors (Lipinski definition) is 1. The molecule has 0 aliphatic heterocycles. The van der Waals surface area contributed by atoms with Gasteiger partial charge in [0.05, 0.1) is 18.8 Å². The number of aliphatic hydroxyl groups excluding tert-OH is 1. The molecular weight excluding hydrogens is 223 g/mol. The Bertz CT molecular complexity index is 563. The number of pyridine rings is 2. The van der Waals surface area contributed by atoms with Crippen LogP contribution in [0.4, 0.5) is 4.39 Å². The fourth-order valence-electron chi connectivity index (χ4n) is 1.45. The molecule has 0 bridgehead atoms. The van der Waals surface area contributed by atoms with Crippen molar-refractivity contribution in [3.8, 4) is 0 Å². The van der Waals surface area contributed by atoms with Gasteiger partial charge in [-0.25, -0.2) is 4.39 Å². The first-order valence-electron chi connectivity index (χ1n) is 5.10. The van der Waals surface area contributed by atoms with Crippen molar-refractivity contribution < 1.29 is 9.50 Å². The van der Waals surface area contributed by atoms with Gasteiger partial charge in [0.2, 0.25) is 0 Å². The van der Waals surface area contributed by atoms with Gasteiger partial charge in [0.15, 0.2) is 5.82 Å². The summed E-state index contributed by atoms with van der Waals surface area (Å²) in [5.41, 5.74) is 0.663. The predicted octanol–water partition coefficient (Wildman–Crippen LogP) is 0.923. The topological polar surface area (TPSA) is 55.1 Å². The summed E-state index contributed by atoms with van der Waals surface area (Å²) in [6.07, 6.45) is 3.03. The van der Waals surface area contributed by atoms with E-state index in [1.54, 1.807) is 12.1 Å². The van der Waals surface area contributed by atoms with Crippen LogP contribution >= 0.6 is 0 Å². The zero-order chi connectivity index (χ0) is 12.3. The van der Waals surface area contributed by atoms with E-state index < -0.39 is 11.4 Å². The average Bonchev–Trinajstić information content (AvgIpc) is 2.36. The summed E-state index contributed by atoms with van der Waals surface area (Å²) in [7, 11) is 0. The molecule has 0 spiro atoms. The first kappa shape index (κ1) is 11.5. The van der Waals surface area contributed by atoms with E-state index in [2.05, 4.69) is 4.98 Å². The molecule has 2 heterocycles. The first-order chi connectivity index (χ1) is 8.20. The van der Waals surface area contributed by atoms with E-state index in [0.29, 0.717) is 11.3 Å². The quantitative estimate of drug-likeness (QED) is 0.859. The normalized spacial score (nSPS) is 10.5. The van der Waals surface area contributed by atoms with E-state index in [-0.39, 0.29) is 13.2 Å². The van der Waals surface area contributed by atoms with Gasteiger partial charge in [-0.2, -0.15) is 0 Å². The number of aliphatic hydroxyl groups is 1. The molecule has 0 unspecified atom stereocenters. The van der Waals surface area contributed by atoms with Gasteiger partial charge >= 0.3 is 0 Å². The Morgan fingerprint density at radius 1 is 1.35 bits per heavy atom. The van der Waals surface area contributed by atoms with Crippen molar-refractivity contribution in [1.29, 1.82) is 0 Å². The molecule has 0 saturated carbocycles. The highest BCUT2D eigenvalue weighted by Gasteiger charge is 2.03. The van der Waals surface area contributed by atoms with Gasteiger partial charge in [-0.1, -0.05) is 6.07 Å². The summed E-state index contributed by atoms with van der Waals surface area (Å²) in [5, 5.41) is 8.85. The summed E-state index contributed by atoms with van der Waals surface area (Å²) in [6, 6.07) is 6.01. The zero-order valence-corrected chi connectivity index (χ0v) is 9.01. The minimum atomic E-state index is -0.778. The highest BCUT2D eigenvalue weighted by Crippen LogP contribution is 2.01. The SMILES string of the molecule is O=c1c(F)cccn1Cc1ccc(CO)cn1. The van der Waals surface area contributed by atoms with Gasteiger partial charge in [-0.3, -0.25) is 9.78 Å². The monoisotopic (exact) mass is 234 g/mol. The number of nitrogens with zero attached hydrogens (tertiary/aromatic N) is 2. The first-order valence-corrected chi connectivity index (χ1v) is 5.10. The van der Waals surface area contributed by atoms with Gasteiger partial charge in [-0.05, 0) is 23.8 Å². The standard InChI is InChI=1S/C12H11FN2O2/c13-11-2-1-5-15(12(11)17)7-10-4-3-9(8-16)6-14-10/h1-6,16H,7-8H2. The third kappa shape index (κ3) is 2.57. The van der Waals surface area contributed by atoms with Crippen molar-refractivity contribution in [3.05, 3.63) is 64.1 Å². The molecule has 4 nitrogen and oxygen atoms in total. The van der Waals surface area contributed by atoms with Crippen LogP contribution in [0, 0.1) is 5.82 Å². The highest BCUT2D eigenvalue weighted by atomic mass is 19.1. The Morgan fingerprint density at radius 3 is 2.82 bits per heavy atom. The van der Waals surface area contributed by atoms with Gasteiger partial charge in [0, 0.05) is 12.4 Å². The molecule has 17 heavy (non-hydrogen) atoms. The summed E-state index contributed by atoms with van der Waals surface area (Å²) in [6.45, 7) is 0.134. The molecule has 2 aromatic rings. The lowest BCUT2D eigenvalue weighted by molar-refractivity contribution is 0.281. The van der Waals surface area contributed by atoms with Gasteiger partial charge in [0.1, 0.15) is 0 Å². The van der Waals surface area contributed by atoms with Crippen LogP contribution in [0.5, 0.6) is 0 Å². The maximum atomic E-state index is 13.0. The molecule has 0 saturated heterocycles. The second kappa shape index (κ2) is 4.88. The lowest BCUT2D eigenvalue weighted by Gasteiger charge is -2.05. The van der Waals surface area contributed by atoms with Crippen LogP contribution in [0.1, 0.15) is 11.3 Å². The van der Waals surface area contributed by atoms with Crippen LogP contribution in [-0.2, 0) is 13.2 Å². The third-order valence-electron chi connectivity index (χ3n) is 2.37. The van der Waals surface area contributed by atoms with Crippen molar-refractivity contribution in [1.82, 2.24) is 9.55 Å². The Morgan fingerprint density at radius 2 is 2.18 bits per heavy atom. The van der Waals surface area contributed by atoms with E-state index >= 15 is 0 Å². The molecule has 2 aromatic heterocycles. The van der Waals surface area contributed by atoms with E-state index in [0.717, 1.165) is 6.07 Å². The Balaban J connectivity index is 2.25. The van der Waals surface area contributed by atoms with Crippen LogP contribution in [-0.4, -0.2) is 14.7 Å². The van der Waals surface area contributed by atoms with Crippen LogP contribution in [0.3, 0.4) is 0 Å². The summed E-state index contributed by atoms with van der Waals surface area (Å²) < 4.78 is 14.3.